The summed E-state index contributed by atoms with van der Waals surface area (Å²) in [6, 6.07) is 20.4. The van der Waals surface area contributed by atoms with Gasteiger partial charge < -0.3 is 5.11 Å². The van der Waals surface area contributed by atoms with Gasteiger partial charge in [-0.05, 0) is 53.6 Å². The Bertz CT molecular complexity index is 1150. The van der Waals surface area contributed by atoms with Gasteiger partial charge in [-0.25, -0.2) is 0 Å². The lowest BCUT2D eigenvalue weighted by Gasteiger charge is -2.25. The van der Waals surface area contributed by atoms with E-state index < -0.39 is 0 Å². The molecule has 0 fully saturated rings. The van der Waals surface area contributed by atoms with Crippen molar-refractivity contribution < 1.29 is 5.11 Å². The maximum absolute atomic E-state index is 10.6. The first kappa shape index (κ1) is 15.4. The first-order chi connectivity index (χ1) is 12.7. The number of rotatable bonds is 1. The second-order valence-corrected chi connectivity index (χ2v) is 7.46. The average Bonchev–Trinajstić information content (AvgIpc) is 2.66. The molecule has 5 rings (SSSR count). The molecule has 1 atom stereocenters. The van der Waals surface area contributed by atoms with Crippen LogP contribution < -0.4 is 0 Å². The number of pyridine rings is 1. The van der Waals surface area contributed by atoms with E-state index in [-0.39, 0.29) is 0 Å². The highest BCUT2D eigenvalue weighted by Crippen LogP contribution is 2.43. The third-order valence-corrected chi connectivity index (χ3v) is 5.66. The summed E-state index contributed by atoms with van der Waals surface area (Å²) in [6.07, 6.45) is 3.20. The highest BCUT2D eigenvalue weighted by molar-refractivity contribution is 6.14. The Morgan fingerprint density at radius 3 is 2.65 bits per heavy atom. The van der Waals surface area contributed by atoms with Gasteiger partial charge in [-0.1, -0.05) is 55.5 Å². The molecule has 0 bridgehead atoms. The van der Waals surface area contributed by atoms with Gasteiger partial charge in [0.1, 0.15) is 5.75 Å². The van der Waals surface area contributed by atoms with Crippen molar-refractivity contribution in [3.8, 4) is 16.9 Å². The molecule has 1 aliphatic rings. The number of hydrogen-bond donors (Lipinski definition) is 1. The quantitative estimate of drug-likeness (QED) is 0.439. The SMILES string of the molecule is CC1CCc2c(nc3ccc4ccccc4c3c2-c2ccccc2O)C1. The average molecular weight is 339 g/mol. The molecule has 0 amide bonds. The smallest absolute Gasteiger partial charge is 0.123 e. The number of nitrogens with zero attached hydrogens (tertiary/aromatic N) is 1. The summed E-state index contributed by atoms with van der Waals surface area (Å²) in [7, 11) is 0. The molecule has 0 saturated heterocycles. The molecule has 0 saturated carbocycles. The lowest BCUT2D eigenvalue weighted by atomic mass is 9.82. The van der Waals surface area contributed by atoms with Gasteiger partial charge >= 0.3 is 0 Å². The van der Waals surface area contributed by atoms with E-state index >= 15 is 0 Å². The van der Waals surface area contributed by atoms with E-state index in [1.54, 1.807) is 6.07 Å². The van der Waals surface area contributed by atoms with E-state index in [2.05, 4.69) is 43.3 Å². The number of aromatic hydroxyl groups is 1. The molecule has 2 nitrogen and oxygen atoms in total. The minimum atomic E-state index is 0.341. The zero-order valence-electron chi connectivity index (χ0n) is 14.9. The first-order valence-corrected chi connectivity index (χ1v) is 9.34. The predicted octanol–water partition coefficient (Wildman–Crippen LogP) is 5.89. The maximum Gasteiger partial charge on any atom is 0.123 e. The third kappa shape index (κ3) is 2.29. The topological polar surface area (TPSA) is 33.1 Å². The Labute approximate surface area is 153 Å². The van der Waals surface area contributed by atoms with Crippen LogP contribution in [0.15, 0.2) is 60.7 Å². The van der Waals surface area contributed by atoms with E-state index in [1.165, 1.54) is 34.0 Å². The van der Waals surface area contributed by atoms with Crippen molar-refractivity contribution in [2.24, 2.45) is 5.92 Å². The number of phenolic OH excluding ortho intramolecular Hbond substituents is 1. The van der Waals surface area contributed by atoms with Crippen LogP contribution in [0.25, 0.3) is 32.8 Å². The summed E-state index contributed by atoms with van der Waals surface area (Å²) >= 11 is 0. The minimum absolute atomic E-state index is 0.341. The van der Waals surface area contributed by atoms with Crippen molar-refractivity contribution >= 4 is 21.7 Å². The molecule has 1 aromatic heterocycles. The van der Waals surface area contributed by atoms with Gasteiger partial charge in [-0.2, -0.15) is 0 Å². The van der Waals surface area contributed by atoms with Crippen LogP contribution in [0.5, 0.6) is 5.75 Å². The summed E-state index contributed by atoms with van der Waals surface area (Å²) in [4.78, 5) is 5.05. The number of aromatic nitrogens is 1. The van der Waals surface area contributed by atoms with E-state index in [1.807, 2.05) is 18.2 Å². The number of para-hydroxylation sites is 1. The molecule has 26 heavy (non-hydrogen) atoms. The van der Waals surface area contributed by atoms with Crippen molar-refractivity contribution in [2.75, 3.05) is 0 Å². The molecule has 0 radical (unpaired) electrons. The largest absolute Gasteiger partial charge is 0.507 e. The van der Waals surface area contributed by atoms with Crippen molar-refractivity contribution in [2.45, 2.75) is 26.2 Å². The van der Waals surface area contributed by atoms with Crippen LogP contribution >= 0.6 is 0 Å². The molecule has 0 aliphatic heterocycles. The standard InChI is InChI=1S/C24H21NO/c1-15-10-12-18-21(14-15)25-20-13-11-16-6-2-3-7-17(16)24(20)23(18)19-8-4-5-9-22(19)26/h2-9,11,13,15,26H,10,12,14H2,1H3. The van der Waals surface area contributed by atoms with Gasteiger partial charge in [0.25, 0.3) is 0 Å². The molecule has 1 unspecified atom stereocenters. The van der Waals surface area contributed by atoms with Crippen LogP contribution in [0.1, 0.15) is 24.6 Å². The molecule has 2 heteroatoms. The second-order valence-electron chi connectivity index (χ2n) is 7.46. The zero-order valence-corrected chi connectivity index (χ0v) is 14.9. The van der Waals surface area contributed by atoms with Gasteiger partial charge in [-0.3, -0.25) is 4.98 Å². The van der Waals surface area contributed by atoms with E-state index in [0.29, 0.717) is 11.7 Å². The molecule has 4 aromatic rings. The fraction of sp³-hybridized carbons (Fsp3) is 0.208. The summed E-state index contributed by atoms with van der Waals surface area (Å²) in [5.74, 6) is 0.999. The van der Waals surface area contributed by atoms with E-state index in [0.717, 1.165) is 29.3 Å². The van der Waals surface area contributed by atoms with Crippen molar-refractivity contribution in [1.82, 2.24) is 4.98 Å². The fourth-order valence-electron chi connectivity index (χ4n) is 4.37. The molecule has 1 N–H and O–H groups in total. The second kappa shape index (κ2) is 5.84. The zero-order chi connectivity index (χ0) is 17.7. The Morgan fingerprint density at radius 1 is 0.962 bits per heavy atom. The van der Waals surface area contributed by atoms with Gasteiger partial charge in [0.2, 0.25) is 0 Å². The summed E-state index contributed by atoms with van der Waals surface area (Å²) < 4.78 is 0. The van der Waals surface area contributed by atoms with Crippen LogP contribution in [-0.2, 0) is 12.8 Å². The molecule has 1 aliphatic carbocycles. The number of fused-ring (bicyclic) bond motifs is 4. The lowest BCUT2D eigenvalue weighted by molar-refractivity contribution is 0.476. The van der Waals surface area contributed by atoms with Gasteiger partial charge in [0.15, 0.2) is 0 Å². The van der Waals surface area contributed by atoms with Crippen LogP contribution in [0, 0.1) is 5.92 Å². The number of phenols is 1. The molecule has 1 heterocycles. The van der Waals surface area contributed by atoms with Gasteiger partial charge in [0.05, 0.1) is 5.52 Å². The Hall–Kier alpha value is -2.87. The van der Waals surface area contributed by atoms with E-state index in [4.69, 9.17) is 4.98 Å². The minimum Gasteiger partial charge on any atom is -0.507 e. The third-order valence-electron chi connectivity index (χ3n) is 5.66. The maximum atomic E-state index is 10.6. The Balaban J connectivity index is 1.99. The summed E-state index contributed by atoms with van der Waals surface area (Å²) in [6.45, 7) is 2.30. The highest BCUT2D eigenvalue weighted by atomic mass is 16.3. The number of hydrogen-bond acceptors (Lipinski definition) is 2. The number of benzene rings is 3. The normalized spacial score (nSPS) is 16.7. The van der Waals surface area contributed by atoms with Crippen LogP contribution in [0.3, 0.4) is 0 Å². The Morgan fingerprint density at radius 2 is 1.77 bits per heavy atom. The molecular weight excluding hydrogens is 318 g/mol. The van der Waals surface area contributed by atoms with Crippen LogP contribution in [0.2, 0.25) is 0 Å². The van der Waals surface area contributed by atoms with Gasteiger partial charge in [-0.15, -0.1) is 0 Å². The summed E-state index contributed by atoms with van der Waals surface area (Å²) in [5.41, 5.74) is 5.63. The Kier molecular flexibility index (Phi) is 3.46. The van der Waals surface area contributed by atoms with Crippen molar-refractivity contribution in [3.63, 3.8) is 0 Å². The molecule has 0 spiro atoms. The first-order valence-electron chi connectivity index (χ1n) is 9.34. The lowest BCUT2D eigenvalue weighted by Crippen LogP contribution is -2.14. The fourth-order valence-corrected chi connectivity index (χ4v) is 4.37. The monoisotopic (exact) mass is 339 g/mol. The van der Waals surface area contributed by atoms with Crippen molar-refractivity contribution in [1.29, 1.82) is 0 Å². The van der Waals surface area contributed by atoms with Gasteiger partial charge in [0, 0.05) is 22.2 Å². The highest BCUT2D eigenvalue weighted by Gasteiger charge is 2.24. The predicted molar refractivity (Wildman–Crippen MR) is 108 cm³/mol. The summed E-state index contributed by atoms with van der Waals surface area (Å²) in [5, 5.41) is 14.2. The molecule has 128 valence electrons. The molecule has 3 aromatic carbocycles. The van der Waals surface area contributed by atoms with E-state index in [9.17, 15) is 5.11 Å². The van der Waals surface area contributed by atoms with Crippen LogP contribution in [-0.4, -0.2) is 10.1 Å². The van der Waals surface area contributed by atoms with Crippen molar-refractivity contribution in [3.05, 3.63) is 71.9 Å². The van der Waals surface area contributed by atoms with Crippen LogP contribution in [0.4, 0.5) is 0 Å². The molecular formula is C24H21NO.